The van der Waals surface area contributed by atoms with Crippen LogP contribution in [0, 0.1) is 0 Å². The van der Waals surface area contributed by atoms with Crippen LogP contribution in [0.4, 0.5) is 4.79 Å². The van der Waals surface area contributed by atoms with Crippen LogP contribution in [0.25, 0.3) is 0 Å². The Hall–Kier alpha value is 4.31. The van der Waals surface area contributed by atoms with Gasteiger partial charge in [0.25, 0.3) is 0 Å². The fourth-order valence-corrected chi connectivity index (χ4v) is 0. The molecule has 0 saturated heterocycles. The summed E-state index contributed by atoms with van der Waals surface area (Å²) in [5.41, 5.74) is 0. The maximum absolute atomic E-state index is 8.33. The molecule has 0 rings (SSSR count). The third kappa shape index (κ3) is 48.1. The van der Waals surface area contributed by atoms with Gasteiger partial charge in [0.15, 0.2) is 0 Å². The van der Waals surface area contributed by atoms with Crippen molar-refractivity contribution in [2.45, 2.75) is 0 Å². The molecule has 32 valence electrons. The summed E-state index contributed by atoms with van der Waals surface area (Å²) < 4.78 is 0. The van der Waals surface area contributed by atoms with Crippen LogP contribution >= 0.6 is 0 Å². The van der Waals surface area contributed by atoms with Gasteiger partial charge in [0, 0.05) is 52.4 Å². The van der Waals surface area contributed by atoms with Crippen LogP contribution in [-0.2, 0) is 52.4 Å². The van der Waals surface area contributed by atoms with Crippen LogP contribution in [0.2, 0.25) is 0 Å². The van der Waals surface area contributed by atoms with E-state index < -0.39 is 6.16 Å². The van der Waals surface area contributed by atoms with Gasteiger partial charge in [-0.3, -0.25) is 0 Å². The number of carbonyl (C=O) groups is 1. The first-order valence-corrected chi connectivity index (χ1v) is 0.612. The van der Waals surface area contributed by atoms with E-state index >= 15 is 0 Å². The van der Waals surface area contributed by atoms with Crippen molar-refractivity contribution in [3.8, 4) is 0 Å². The summed E-state index contributed by atoms with van der Waals surface area (Å²) in [7, 11) is 0. The zero-order valence-electron chi connectivity index (χ0n) is 4.72. The van der Waals surface area contributed by atoms with Crippen LogP contribution in [0.5, 0.6) is 0 Å². The number of rotatable bonds is 0. The summed E-state index contributed by atoms with van der Waals surface area (Å²) in [6, 6.07) is 0. The Labute approximate surface area is 171 Å². The third-order valence-electron chi connectivity index (χ3n) is 0. The molecule has 0 amide bonds. The standard InChI is InChI=1S/CH2O3.2K.2Zr/c2-1(3)4;;;;/h(H2,2,3,4);;;;/q;2*+1;;/p-2. The summed E-state index contributed by atoms with van der Waals surface area (Å²) >= 11 is 0. The van der Waals surface area contributed by atoms with Crippen molar-refractivity contribution in [2.75, 3.05) is 0 Å². The normalized spacial score (nSPS) is 3.00. The Morgan fingerprint density at radius 1 is 1.00 bits per heavy atom. The van der Waals surface area contributed by atoms with Crippen molar-refractivity contribution in [1.82, 2.24) is 0 Å². The third-order valence-corrected chi connectivity index (χ3v) is 0. The molecule has 3 nitrogen and oxygen atoms in total. The van der Waals surface area contributed by atoms with E-state index in [4.69, 9.17) is 15.0 Å². The van der Waals surface area contributed by atoms with Crippen molar-refractivity contribution < 1.29 is 170 Å². The zero-order chi connectivity index (χ0) is 3.58. The zero-order valence-corrected chi connectivity index (χ0v) is 15.9. The molecular formula is CK2O3Zr2. The molecule has 0 N–H and O–H groups in total. The fourth-order valence-electron chi connectivity index (χ4n) is 0. The van der Waals surface area contributed by atoms with Crippen LogP contribution in [0.3, 0.4) is 0 Å². The molecule has 0 aromatic carbocycles. The van der Waals surface area contributed by atoms with Gasteiger partial charge in [0.2, 0.25) is 0 Å². The number of carboxylic acid groups (broad SMARTS) is 2. The maximum atomic E-state index is 8.33. The minimum atomic E-state index is -2.33. The van der Waals surface area contributed by atoms with Crippen molar-refractivity contribution in [3.63, 3.8) is 0 Å². The fraction of sp³-hybridized carbons (Fsp3) is 0. The van der Waals surface area contributed by atoms with E-state index in [1.165, 1.54) is 0 Å². The van der Waals surface area contributed by atoms with Crippen molar-refractivity contribution >= 4 is 6.16 Å². The van der Waals surface area contributed by atoms with Gasteiger partial charge < -0.3 is 15.0 Å². The Morgan fingerprint density at radius 3 is 1.00 bits per heavy atom. The molecule has 7 heteroatoms. The second kappa shape index (κ2) is 22.5. The predicted octanol–water partition coefficient (Wildman–Crippen LogP) is -8.44. The molecule has 0 heterocycles. The Morgan fingerprint density at radius 2 is 1.00 bits per heavy atom. The molecule has 0 radical (unpaired) electrons. The maximum Gasteiger partial charge on any atom is 1.00 e. The second-order valence-electron chi connectivity index (χ2n) is 0.250. The van der Waals surface area contributed by atoms with Gasteiger partial charge in [0.1, 0.15) is 0 Å². The predicted molar refractivity (Wildman–Crippen MR) is 5.40 cm³/mol. The Balaban J connectivity index is -0.00000000750. The summed E-state index contributed by atoms with van der Waals surface area (Å²) in [5.74, 6) is 0. The largest absolute Gasteiger partial charge is 1.00 e. The summed E-state index contributed by atoms with van der Waals surface area (Å²) in [4.78, 5) is 8.33. The minimum absolute atomic E-state index is 0. The summed E-state index contributed by atoms with van der Waals surface area (Å²) in [6.07, 6.45) is -2.33. The van der Waals surface area contributed by atoms with Crippen LogP contribution in [0.15, 0.2) is 0 Å². The van der Waals surface area contributed by atoms with E-state index in [2.05, 4.69) is 0 Å². The molecule has 0 aliphatic rings. The van der Waals surface area contributed by atoms with E-state index in [9.17, 15) is 0 Å². The first-order chi connectivity index (χ1) is 1.73. The van der Waals surface area contributed by atoms with Gasteiger partial charge in [0.05, 0.1) is 0 Å². The Kier molecular flexibility index (Phi) is 82.9. The smallest absolute Gasteiger partial charge is 0.652 e. The van der Waals surface area contributed by atoms with E-state index in [-0.39, 0.29) is 155 Å². The van der Waals surface area contributed by atoms with E-state index in [0.717, 1.165) is 0 Å². The number of hydrogen-bond donors (Lipinski definition) is 0. The number of carbonyl (C=O) groups excluding carboxylic acids is 1. The van der Waals surface area contributed by atoms with E-state index in [1.54, 1.807) is 0 Å². The SMILES string of the molecule is O=C([O-])[O-].[K+].[K+].[Zr].[Zr]. The van der Waals surface area contributed by atoms with Crippen LogP contribution < -0.4 is 113 Å². The summed E-state index contributed by atoms with van der Waals surface area (Å²) in [5, 5.41) is 16.7. The van der Waals surface area contributed by atoms with Gasteiger partial charge in [-0.2, -0.15) is 0 Å². The average molecular weight is 321 g/mol. The molecule has 0 fully saturated rings. The van der Waals surface area contributed by atoms with Crippen LogP contribution in [0.1, 0.15) is 0 Å². The number of hydrogen-bond acceptors (Lipinski definition) is 3. The first kappa shape index (κ1) is 29.5. The molecule has 0 bridgehead atoms. The van der Waals surface area contributed by atoms with Gasteiger partial charge in [-0.15, -0.1) is 0 Å². The van der Waals surface area contributed by atoms with Crippen molar-refractivity contribution in [2.24, 2.45) is 0 Å². The first-order valence-electron chi connectivity index (χ1n) is 0.612. The van der Waals surface area contributed by atoms with Crippen LogP contribution in [-0.4, -0.2) is 6.16 Å². The molecule has 0 aromatic rings. The molecule has 0 aromatic heterocycles. The topological polar surface area (TPSA) is 63.2 Å². The molecule has 0 aliphatic carbocycles. The molecule has 8 heavy (non-hydrogen) atoms. The molecule has 0 saturated carbocycles. The monoisotopic (exact) mass is 318 g/mol. The molecule has 0 spiro atoms. The van der Waals surface area contributed by atoms with Gasteiger partial charge >= 0.3 is 103 Å². The molecule has 0 unspecified atom stereocenters. The summed E-state index contributed by atoms with van der Waals surface area (Å²) in [6.45, 7) is 0. The van der Waals surface area contributed by atoms with Gasteiger partial charge in [-0.1, -0.05) is 0 Å². The van der Waals surface area contributed by atoms with Crippen molar-refractivity contribution in [3.05, 3.63) is 0 Å². The Bertz CT molecular complexity index is 38.3. The van der Waals surface area contributed by atoms with Gasteiger partial charge in [-0.05, 0) is 6.16 Å². The second-order valence-corrected chi connectivity index (χ2v) is 0.250. The molecule has 0 aliphatic heterocycles. The quantitative estimate of drug-likeness (QED) is 0.417. The molecular weight excluding hydrogens is 321 g/mol. The van der Waals surface area contributed by atoms with Gasteiger partial charge in [-0.25, -0.2) is 0 Å². The molecule has 0 atom stereocenters. The van der Waals surface area contributed by atoms with E-state index in [0.29, 0.717) is 0 Å². The minimum Gasteiger partial charge on any atom is -0.652 e. The van der Waals surface area contributed by atoms with Crippen molar-refractivity contribution in [1.29, 1.82) is 0 Å². The average Bonchev–Trinajstić information content (AvgIpc) is 0.811. The van der Waals surface area contributed by atoms with E-state index in [1.807, 2.05) is 0 Å².